The Kier molecular flexibility index (Phi) is 5.28. The molecule has 1 saturated carbocycles. The predicted molar refractivity (Wildman–Crippen MR) is 93.9 cm³/mol. The maximum Gasteiger partial charge on any atom is 0.306 e. The highest BCUT2D eigenvalue weighted by Crippen LogP contribution is 2.34. The summed E-state index contributed by atoms with van der Waals surface area (Å²) in [6, 6.07) is 8.00. The second-order valence-corrected chi connectivity index (χ2v) is 7.16. The van der Waals surface area contributed by atoms with Crippen molar-refractivity contribution in [3.05, 3.63) is 35.0 Å². The number of carboxylic acid groups (broad SMARTS) is 1. The van der Waals surface area contributed by atoms with Crippen molar-refractivity contribution in [3.8, 4) is 17.3 Å². The number of hydrogen-bond donors (Lipinski definition) is 2. The smallest absolute Gasteiger partial charge is 0.306 e. The summed E-state index contributed by atoms with van der Waals surface area (Å²) in [6.45, 7) is 0. The van der Waals surface area contributed by atoms with Crippen molar-refractivity contribution in [3.63, 3.8) is 0 Å². The summed E-state index contributed by atoms with van der Waals surface area (Å²) in [4.78, 5) is 27.8. The van der Waals surface area contributed by atoms with Crippen molar-refractivity contribution in [1.29, 1.82) is 5.26 Å². The molecule has 2 aromatic rings. The average Bonchev–Trinajstić information content (AvgIpc) is 3.04. The first-order valence-corrected chi connectivity index (χ1v) is 9.00. The minimum Gasteiger partial charge on any atom is -0.481 e. The van der Waals surface area contributed by atoms with Crippen LogP contribution in [0.15, 0.2) is 24.3 Å². The van der Waals surface area contributed by atoms with E-state index >= 15 is 0 Å². The van der Waals surface area contributed by atoms with Crippen LogP contribution in [0.4, 0.5) is 9.52 Å². The van der Waals surface area contributed by atoms with Gasteiger partial charge in [-0.15, -0.1) is 0 Å². The first-order chi connectivity index (χ1) is 12.5. The van der Waals surface area contributed by atoms with Gasteiger partial charge in [-0.05, 0) is 37.8 Å². The molecule has 1 aromatic carbocycles. The number of thiazole rings is 1. The topological polar surface area (TPSA) is 103 Å². The molecule has 0 bridgehead atoms. The van der Waals surface area contributed by atoms with Crippen LogP contribution in [0.3, 0.4) is 0 Å². The van der Waals surface area contributed by atoms with Crippen molar-refractivity contribution < 1.29 is 19.1 Å². The van der Waals surface area contributed by atoms with Crippen LogP contribution in [-0.2, 0) is 9.59 Å². The van der Waals surface area contributed by atoms with Crippen LogP contribution in [0.5, 0.6) is 0 Å². The zero-order valence-electron chi connectivity index (χ0n) is 13.7. The summed E-state index contributed by atoms with van der Waals surface area (Å²) < 4.78 is 14.0. The quantitative estimate of drug-likeness (QED) is 0.851. The molecule has 26 heavy (non-hydrogen) atoms. The van der Waals surface area contributed by atoms with Gasteiger partial charge in [-0.25, -0.2) is 9.37 Å². The molecule has 0 unspecified atom stereocenters. The highest BCUT2D eigenvalue weighted by atomic mass is 32.1. The molecule has 134 valence electrons. The normalized spacial score (nSPS) is 19.5. The lowest BCUT2D eigenvalue weighted by atomic mass is 9.81. The molecular weight excluding hydrogens is 357 g/mol. The largest absolute Gasteiger partial charge is 0.481 e. The van der Waals surface area contributed by atoms with Gasteiger partial charge in [0, 0.05) is 11.5 Å². The molecule has 0 radical (unpaired) electrons. The third kappa shape index (κ3) is 3.73. The van der Waals surface area contributed by atoms with Crippen LogP contribution >= 0.6 is 11.3 Å². The number of carboxylic acids is 1. The van der Waals surface area contributed by atoms with Gasteiger partial charge < -0.3 is 10.4 Å². The number of aliphatic carboxylic acids is 1. The highest BCUT2D eigenvalue weighted by molar-refractivity contribution is 7.16. The Morgan fingerprint density at radius 1 is 1.23 bits per heavy atom. The lowest BCUT2D eigenvalue weighted by Gasteiger charge is -2.24. The van der Waals surface area contributed by atoms with Gasteiger partial charge in [0.2, 0.25) is 5.91 Å². The summed E-state index contributed by atoms with van der Waals surface area (Å²) >= 11 is 0.996. The zero-order chi connectivity index (χ0) is 18.7. The molecule has 1 heterocycles. The van der Waals surface area contributed by atoms with E-state index in [9.17, 15) is 19.2 Å². The van der Waals surface area contributed by atoms with E-state index in [4.69, 9.17) is 5.11 Å². The second kappa shape index (κ2) is 7.62. The molecule has 1 aliphatic rings. The van der Waals surface area contributed by atoms with E-state index in [1.165, 1.54) is 12.1 Å². The van der Waals surface area contributed by atoms with Crippen molar-refractivity contribution in [2.45, 2.75) is 25.7 Å². The number of hydrogen-bond acceptors (Lipinski definition) is 5. The fourth-order valence-electron chi connectivity index (χ4n) is 3.10. The second-order valence-electron chi connectivity index (χ2n) is 6.16. The minimum absolute atomic E-state index is 0.209. The maximum atomic E-state index is 14.0. The zero-order valence-corrected chi connectivity index (χ0v) is 14.6. The number of aromatic nitrogens is 1. The minimum atomic E-state index is -0.822. The molecule has 0 saturated heterocycles. The van der Waals surface area contributed by atoms with Crippen molar-refractivity contribution in [2.75, 3.05) is 5.32 Å². The number of carbonyl (C=O) groups excluding carboxylic acids is 1. The summed E-state index contributed by atoms with van der Waals surface area (Å²) in [7, 11) is 0. The summed E-state index contributed by atoms with van der Waals surface area (Å²) in [5, 5.41) is 21.2. The van der Waals surface area contributed by atoms with E-state index in [0.29, 0.717) is 25.7 Å². The van der Waals surface area contributed by atoms with E-state index in [0.717, 1.165) is 11.3 Å². The molecule has 0 spiro atoms. The van der Waals surface area contributed by atoms with Crippen LogP contribution in [0.1, 0.15) is 30.6 Å². The summed E-state index contributed by atoms with van der Waals surface area (Å²) in [5.74, 6) is -2.22. The lowest BCUT2D eigenvalue weighted by Crippen LogP contribution is -2.29. The maximum absolute atomic E-state index is 14.0. The molecule has 0 atom stereocenters. The van der Waals surface area contributed by atoms with Gasteiger partial charge in [-0.3, -0.25) is 9.59 Å². The van der Waals surface area contributed by atoms with Crippen LogP contribution in [0, 0.1) is 29.0 Å². The SMILES string of the molecule is N#Cc1sc(NC(=O)[C@H]2CC[C@@H](C(=O)O)CC2)nc1-c1ccccc1F. The predicted octanol–water partition coefficient (Wildman–Crippen LogP) is 3.65. The molecular formula is C18H16FN3O3S. The first-order valence-electron chi connectivity index (χ1n) is 8.19. The lowest BCUT2D eigenvalue weighted by molar-refractivity contribution is -0.143. The molecule has 6 nitrogen and oxygen atoms in total. The van der Waals surface area contributed by atoms with Gasteiger partial charge in [0.05, 0.1) is 5.92 Å². The number of rotatable bonds is 4. The van der Waals surface area contributed by atoms with E-state index in [1.807, 2.05) is 6.07 Å². The Morgan fingerprint density at radius 3 is 2.50 bits per heavy atom. The number of halogens is 1. The van der Waals surface area contributed by atoms with E-state index in [2.05, 4.69) is 10.3 Å². The van der Waals surface area contributed by atoms with Crippen LogP contribution in [0.25, 0.3) is 11.3 Å². The fraction of sp³-hybridized carbons (Fsp3) is 0.333. The molecule has 8 heteroatoms. The van der Waals surface area contributed by atoms with E-state index in [1.54, 1.807) is 12.1 Å². The average molecular weight is 373 g/mol. The monoisotopic (exact) mass is 373 g/mol. The highest BCUT2D eigenvalue weighted by Gasteiger charge is 2.30. The molecule has 2 N–H and O–H groups in total. The first kappa shape index (κ1) is 18.0. The van der Waals surface area contributed by atoms with Crippen molar-refractivity contribution >= 4 is 28.3 Å². The standard InChI is InChI=1S/C18H16FN3O3S/c19-13-4-2-1-3-12(13)15-14(9-20)26-18(21-15)22-16(23)10-5-7-11(8-6-10)17(24)25/h1-4,10-11H,5-8H2,(H,24,25)(H,21,22,23)/t10-,11+. The number of nitrogens with one attached hydrogen (secondary N) is 1. The molecule has 1 fully saturated rings. The molecule has 3 rings (SSSR count). The Balaban J connectivity index is 1.73. The number of anilines is 1. The van der Waals surface area contributed by atoms with Crippen LogP contribution in [0.2, 0.25) is 0 Å². The number of benzene rings is 1. The third-order valence-electron chi connectivity index (χ3n) is 4.54. The van der Waals surface area contributed by atoms with Crippen LogP contribution in [-0.4, -0.2) is 22.0 Å². The van der Waals surface area contributed by atoms with Gasteiger partial charge >= 0.3 is 5.97 Å². The number of nitrogens with zero attached hydrogens (tertiary/aromatic N) is 2. The Hall–Kier alpha value is -2.79. The van der Waals surface area contributed by atoms with Crippen molar-refractivity contribution in [1.82, 2.24) is 4.98 Å². The van der Waals surface area contributed by atoms with Crippen molar-refractivity contribution in [2.24, 2.45) is 11.8 Å². The summed E-state index contributed by atoms with van der Waals surface area (Å²) in [6.07, 6.45) is 1.93. The fourth-order valence-corrected chi connectivity index (χ4v) is 3.88. The third-order valence-corrected chi connectivity index (χ3v) is 5.41. The Morgan fingerprint density at radius 2 is 1.88 bits per heavy atom. The molecule has 1 aliphatic carbocycles. The molecule has 0 aliphatic heterocycles. The molecule has 1 aromatic heterocycles. The number of nitriles is 1. The van der Waals surface area contributed by atoms with Crippen LogP contribution < -0.4 is 5.32 Å². The van der Waals surface area contributed by atoms with Gasteiger partial charge in [0.15, 0.2) is 5.13 Å². The van der Waals surface area contributed by atoms with E-state index in [-0.39, 0.29) is 33.1 Å². The Labute approximate surface area is 153 Å². The number of amides is 1. The summed E-state index contributed by atoms with van der Waals surface area (Å²) in [5.41, 5.74) is 0.420. The molecule has 1 amide bonds. The Bertz CT molecular complexity index is 882. The van der Waals surface area contributed by atoms with Gasteiger partial charge in [0.1, 0.15) is 22.5 Å². The van der Waals surface area contributed by atoms with Gasteiger partial charge in [-0.2, -0.15) is 5.26 Å². The van der Waals surface area contributed by atoms with E-state index < -0.39 is 17.7 Å². The number of carbonyl (C=O) groups is 2. The van der Waals surface area contributed by atoms with Gasteiger partial charge in [0.25, 0.3) is 0 Å². The van der Waals surface area contributed by atoms with Gasteiger partial charge in [-0.1, -0.05) is 23.5 Å².